The van der Waals surface area contributed by atoms with Crippen LogP contribution >= 0.6 is 0 Å². The predicted molar refractivity (Wildman–Crippen MR) is 74.9 cm³/mol. The Morgan fingerprint density at radius 1 is 1.21 bits per heavy atom. The zero-order chi connectivity index (χ0) is 13.7. The summed E-state index contributed by atoms with van der Waals surface area (Å²) in [6.45, 7) is 7.67. The molecule has 2 aromatic rings. The highest BCUT2D eigenvalue weighted by Crippen LogP contribution is 2.14. The van der Waals surface area contributed by atoms with Crippen LogP contribution in [-0.2, 0) is 6.54 Å². The van der Waals surface area contributed by atoms with Gasteiger partial charge in [0.2, 0.25) is 5.89 Å². The van der Waals surface area contributed by atoms with Crippen molar-refractivity contribution in [2.75, 3.05) is 11.9 Å². The molecule has 0 bridgehead atoms. The first-order chi connectivity index (χ1) is 9.19. The topological polar surface area (TPSA) is 63.0 Å². The lowest BCUT2D eigenvalue weighted by Crippen LogP contribution is -2.17. The molecule has 0 amide bonds. The van der Waals surface area contributed by atoms with Crippen molar-refractivity contribution in [2.45, 2.75) is 33.4 Å². The van der Waals surface area contributed by atoms with Crippen LogP contribution in [-0.4, -0.2) is 16.7 Å². The molecule has 1 unspecified atom stereocenters. The first-order valence-electron chi connectivity index (χ1n) is 6.55. The van der Waals surface area contributed by atoms with Gasteiger partial charge in [0.05, 0.1) is 6.04 Å². The number of nitrogens with one attached hydrogen (secondary N) is 2. The molecule has 1 heterocycles. The van der Waals surface area contributed by atoms with Gasteiger partial charge in [0.1, 0.15) is 0 Å². The van der Waals surface area contributed by atoms with Crippen molar-refractivity contribution in [2.24, 2.45) is 0 Å². The van der Waals surface area contributed by atoms with Crippen LogP contribution in [0.4, 0.5) is 6.01 Å². The number of hydrogen-bond acceptors (Lipinski definition) is 5. The van der Waals surface area contributed by atoms with E-state index in [2.05, 4.69) is 52.0 Å². The summed E-state index contributed by atoms with van der Waals surface area (Å²) in [5.41, 5.74) is 2.44. The highest BCUT2D eigenvalue weighted by Gasteiger charge is 2.12. The van der Waals surface area contributed by atoms with Crippen molar-refractivity contribution in [3.8, 4) is 0 Å². The van der Waals surface area contributed by atoms with E-state index >= 15 is 0 Å². The van der Waals surface area contributed by atoms with Crippen molar-refractivity contribution in [3.05, 3.63) is 41.3 Å². The van der Waals surface area contributed by atoms with Crippen molar-refractivity contribution >= 4 is 6.01 Å². The summed E-state index contributed by atoms with van der Waals surface area (Å²) < 4.78 is 5.55. The molecule has 0 aliphatic heterocycles. The lowest BCUT2D eigenvalue weighted by atomic mass is 10.1. The fourth-order valence-electron chi connectivity index (χ4n) is 1.76. The van der Waals surface area contributed by atoms with Gasteiger partial charge in [-0.2, -0.15) is 0 Å². The normalized spacial score (nSPS) is 12.4. The van der Waals surface area contributed by atoms with E-state index in [-0.39, 0.29) is 6.04 Å². The number of anilines is 1. The molecule has 0 aliphatic rings. The van der Waals surface area contributed by atoms with Gasteiger partial charge in [0.25, 0.3) is 0 Å². The second-order valence-corrected chi connectivity index (χ2v) is 4.56. The SMILES string of the molecule is CCNC(C)c1nnc(NCc2ccc(C)cc2)o1. The quantitative estimate of drug-likeness (QED) is 0.836. The molecule has 0 saturated carbocycles. The van der Waals surface area contributed by atoms with Gasteiger partial charge < -0.3 is 15.1 Å². The third kappa shape index (κ3) is 3.79. The van der Waals surface area contributed by atoms with E-state index < -0.39 is 0 Å². The van der Waals surface area contributed by atoms with Gasteiger partial charge in [-0.05, 0) is 26.0 Å². The molecular formula is C14H20N4O. The van der Waals surface area contributed by atoms with Gasteiger partial charge in [-0.15, -0.1) is 5.10 Å². The predicted octanol–water partition coefficient (Wildman–Crippen LogP) is 2.66. The molecule has 2 rings (SSSR count). The number of aryl methyl sites for hydroxylation is 1. The zero-order valence-electron chi connectivity index (χ0n) is 11.6. The van der Waals surface area contributed by atoms with E-state index in [1.165, 1.54) is 11.1 Å². The van der Waals surface area contributed by atoms with Crippen LogP contribution in [0.25, 0.3) is 0 Å². The summed E-state index contributed by atoms with van der Waals surface area (Å²) in [7, 11) is 0. The second kappa shape index (κ2) is 6.33. The van der Waals surface area contributed by atoms with E-state index in [1.807, 2.05) is 13.8 Å². The van der Waals surface area contributed by atoms with E-state index in [0.29, 0.717) is 18.5 Å². The molecule has 5 nitrogen and oxygen atoms in total. The minimum Gasteiger partial charge on any atom is -0.406 e. The number of aromatic nitrogens is 2. The first-order valence-corrected chi connectivity index (χ1v) is 6.55. The largest absolute Gasteiger partial charge is 0.406 e. The van der Waals surface area contributed by atoms with Gasteiger partial charge >= 0.3 is 6.01 Å². The Bertz CT molecular complexity index is 506. The average Bonchev–Trinajstić information content (AvgIpc) is 2.87. The van der Waals surface area contributed by atoms with Crippen molar-refractivity contribution in [3.63, 3.8) is 0 Å². The zero-order valence-corrected chi connectivity index (χ0v) is 11.6. The average molecular weight is 260 g/mol. The third-order valence-corrected chi connectivity index (χ3v) is 2.89. The fraction of sp³-hybridized carbons (Fsp3) is 0.429. The molecule has 5 heteroatoms. The Kier molecular flexibility index (Phi) is 4.52. The van der Waals surface area contributed by atoms with Crippen molar-refractivity contribution in [1.29, 1.82) is 0 Å². The van der Waals surface area contributed by atoms with Crippen molar-refractivity contribution in [1.82, 2.24) is 15.5 Å². The molecule has 1 aromatic carbocycles. The van der Waals surface area contributed by atoms with Crippen LogP contribution in [0.5, 0.6) is 0 Å². The van der Waals surface area contributed by atoms with Crippen LogP contribution in [0.3, 0.4) is 0 Å². The molecule has 1 atom stereocenters. The Labute approximate surface area is 113 Å². The summed E-state index contributed by atoms with van der Waals surface area (Å²) in [6, 6.07) is 8.88. The summed E-state index contributed by atoms with van der Waals surface area (Å²) in [6.07, 6.45) is 0. The molecule has 0 fully saturated rings. The number of hydrogen-bond donors (Lipinski definition) is 2. The Hall–Kier alpha value is -1.88. The van der Waals surface area contributed by atoms with Gasteiger partial charge in [0.15, 0.2) is 0 Å². The smallest absolute Gasteiger partial charge is 0.315 e. The molecular weight excluding hydrogens is 240 g/mol. The third-order valence-electron chi connectivity index (χ3n) is 2.89. The Morgan fingerprint density at radius 2 is 1.95 bits per heavy atom. The van der Waals surface area contributed by atoms with Crippen LogP contribution in [0.2, 0.25) is 0 Å². The lowest BCUT2D eigenvalue weighted by molar-refractivity contribution is 0.428. The Balaban J connectivity index is 1.91. The van der Waals surface area contributed by atoms with E-state index in [9.17, 15) is 0 Å². The fourth-order valence-corrected chi connectivity index (χ4v) is 1.76. The molecule has 1 aromatic heterocycles. The summed E-state index contributed by atoms with van der Waals surface area (Å²) in [5.74, 6) is 0.605. The maximum absolute atomic E-state index is 5.55. The van der Waals surface area contributed by atoms with Crippen LogP contribution < -0.4 is 10.6 Å². The molecule has 2 N–H and O–H groups in total. The Morgan fingerprint density at radius 3 is 2.63 bits per heavy atom. The second-order valence-electron chi connectivity index (χ2n) is 4.56. The standard InChI is InChI=1S/C14H20N4O/c1-4-15-11(3)13-17-18-14(19-13)16-9-12-7-5-10(2)6-8-12/h5-8,11,15H,4,9H2,1-3H3,(H,16,18). The highest BCUT2D eigenvalue weighted by atomic mass is 16.4. The number of rotatable bonds is 6. The van der Waals surface area contributed by atoms with Gasteiger partial charge in [-0.25, -0.2) is 0 Å². The minimum absolute atomic E-state index is 0.0763. The molecule has 0 aliphatic carbocycles. The van der Waals surface area contributed by atoms with Crippen LogP contribution in [0, 0.1) is 6.92 Å². The molecule has 19 heavy (non-hydrogen) atoms. The van der Waals surface area contributed by atoms with Crippen molar-refractivity contribution < 1.29 is 4.42 Å². The maximum atomic E-state index is 5.55. The number of benzene rings is 1. The molecule has 0 saturated heterocycles. The van der Waals surface area contributed by atoms with Gasteiger partial charge in [-0.3, -0.25) is 0 Å². The lowest BCUT2D eigenvalue weighted by Gasteiger charge is -2.06. The van der Waals surface area contributed by atoms with Gasteiger partial charge in [0, 0.05) is 6.54 Å². The maximum Gasteiger partial charge on any atom is 0.315 e. The minimum atomic E-state index is 0.0763. The van der Waals surface area contributed by atoms with Crippen LogP contribution in [0.1, 0.15) is 36.9 Å². The molecule has 0 spiro atoms. The molecule has 102 valence electrons. The van der Waals surface area contributed by atoms with E-state index in [4.69, 9.17) is 4.42 Å². The summed E-state index contributed by atoms with van der Waals surface area (Å²) in [5, 5.41) is 14.4. The first kappa shape index (κ1) is 13.5. The monoisotopic (exact) mass is 260 g/mol. The summed E-state index contributed by atoms with van der Waals surface area (Å²) in [4.78, 5) is 0. The van der Waals surface area contributed by atoms with E-state index in [0.717, 1.165) is 6.54 Å². The molecule has 0 radical (unpaired) electrons. The summed E-state index contributed by atoms with van der Waals surface area (Å²) >= 11 is 0. The van der Waals surface area contributed by atoms with Crippen LogP contribution in [0.15, 0.2) is 28.7 Å². The van der Waals surface area contributed by atoms with Gasteiger partial charge in [-0.1, -0.05) is 41.9 Å². The highest BCUT2D eigenvalue weighted by molar-refractivity contribution is 5.26. The number of nitrogens with zero attached hydrogens (tertiary/aromatic N) is 2. The van der Waals surface area contributed by atoms with E-state index in [1.54, 1.807) is 0 Å².